The zero-order valence-corrected chi connectivity index (χ0v) is 11.9. The molecule has 1 aliphatic heterocycles. The summed E-state index contributed by atoms with van der Waals surface area (Å²) in [6, 6.07) is 1.89. The lowest BCUT2D eigenvalue weighted by Crippen LogP contribution is -2.53. The number of nitrogens with one attached hydrogen (secondary N) is 1. The van der Waals surface area contributed by atoms with E-state index in [0.29, 0.717) is 12.1 Å². The van der Waals surface area contributed by atoms with Gasteiger partial charge in [-0.15, -0.1) is 0 Å². The van der Waals surface area contributed by atoms with Crippen LogP contribution in [0.2, 0.25) is 0 Å². The van der Waals surface area contributed by atoms with E-state index in [-0.39, 0.29) is 11.9 Å². The summed E-state index contributed by atoms with van der Waals surface area (Å²) in [5, 5.41) is 3.79. The largest absolute Gasteiger partial charge is 0.469 e. The SMILES string of the molecule is COC(=O)C1CC(NC2CCCC2)CN(C2CC2)C1. The van der Waals surface area contributed by atoms with Crippen molar-refractivity contribution < 1.29 is 9.53 Å². The molecule has 0 spiro atoms. The first-order valence-electron chi connectivity index (χ1n) is 7.84. The quantitative estimate of drug-likeness (QED) is 0.784. The molecule has 1 N–H and O–H groups in total. The zero-order chi connectivity index (χ0) is 13.2. The number of likely N-dealkylation sites (tertiary alicyclic amines) is 1. The van der Waals surface area contributed by atoms with Gasteiger partial charge < -0.3 is 10.1 Å². The number of piperidine rings is 1. The number of nitrogens with zero attached hydrogens (tertiary/aromatic N) is 1. The van der Waals surface area contributed by atoms with E-state index in [4.69, 9.17) is 4.74 Å². The summed E-state index contributed by atoms with van der Waals surface area (Å²) in [7, 11) is 1.51. The fourth-order valence-corrected chi connectivity index (χ4v) is 3.76. The van der Waals surface area contributed by atoms with Gasteiger partial charge in [0.25, 0.3) is 0 Å². The van der Waals surface area contributed by atoms with Crippen molar-refractivity contribution >= 4 is 5.97 Å². The van der Waals surface area contributed by atoms with Gasteiger partial charge in [0.1, 0.15) is 0 Å². The first-order chi connectivity index (χ1) is 9.26. The van der Waals surface area contributed by atoms with E-state index in [1.54, 1.807) is 0 Å². The Morgan fingerprint density at radius 3 is 2.47 bits per heavy atom. The van der Waals surface area contributed by atoms with Gasteiger partial charge in [-0.3, -0.25) is 9.69 Å². The molecule has 3 rings (SSSR count). The molecule has 0 aromatic rings. The molecule has 2 aliphatic carbocycles. The lowest BCUT2D eigenvalue weighted by atomic mass is 9.93. The summed E-state index contributed by atoms with van der Waals surface area (Å²) >= 11 is 0. The molecule has 4 nitrogen and oxygen atoms in total. The van der Waals surface area contributed by atoms with Gasteiger partial charge in [0.2, 0.25) is 0 Å². The van der Waals surface area contributed by atoms with Crippen molar-refractivity contribution in [3.05, 3.63) is 0 Å². The third kappa shape index (κ3) is 3.29. The van der Waals surface area contributed by atoms with E-state index in [0.717, 1.165) is 25.6 Å². The summed E-state index contributed by atoms with van der Waals surface area (Å²) in [6.07, 6.45) is 8.90. The van der Waals surface area contributed by atoms with Crippen molar-refractivity contribution in [2.24, 2.45) is 5.92 Å². The topological polar surface area (TPSA) is 41.6 Å². The van der Waals surface area contributed by atoms with Crippen LogP contribution in [0.5, 0.6) is 0 Å². The van der Waals surface area contributed by atoms with Crippen LogP contribution < -0.4 is 5.32 Å². The van der Waals surface area contributed by atoms with Gasteiger partial charge in [0.05, 0.1) is 13.0 Å². The maximum Gasteiger partial charge on any atom is 0.310 e. The fourth-order valence-electron chi connectivity index (χ4n) is 3.76. The normalized spacial score (nSPS) is 33.5. The standard InChI is InChI=1S/C15H26N2O2/c1-19-15(18)11-8-13(16-12-4-2-3-5-12)10-17(9-11)14-6-7-14/h11-14,16H,2-10H2,1H3. The molecule has 2 atom stereocenters. The summed E-state index contributed by atoms with van der Waals surface area (Å²) in [6.45, 7) is 2.02. The van der Waals surface area contributed by atoms with Crippen molar-refractivity contribution in [3.63, 3.8) is 0 Å². The molecule has 0 aromatic carbocycles. The van der Waals surface area contributed by atoms with Crippen molar-refractivity contribution in [1.82, 2.24) is 10.2 Å². The van der Waals surface area contributed by atoms with E-state index in [9.17, 15) is 4.79 Å². The Morgan fingerprint density at radius 1 is 1.11 bits per heavy atom. The molecule has 3 aliphatic rings. The molecule has 0 radical (unpaired) electrons. The van der Waals surface area contributed by atoms with Gasteiger partial charge in [-0.05, 0) is 32.1 Å². The third-order valence-corrected chi connectivity index (χ3v) is 4.90. The molecule has 2 unspecified atom stereocenters. The van der Waals surface area contributed by atoms with Gasteiger partial charge in [-0.25, -0.2) is 0 Å². The average molecular weight is 266 g/mol. The number of methoxy groups -OCH3 is 1. The van der Waals surface area contributed by atoms with E-state index in [1.165, 1.54) is 45.6 Å². The number of hydrogen-bond acceptors (Lipinski definition) is 4. The number of esters is 1. The Labute approximate surface area is 115 Å². The van der Waals surface area contributed by atoms with E-state index < -0.39 is 0 Å². The highest BCUT2D eigenvalue weighted by Crippen LogP contribution is 2.32. The third-order valence-electron chi connectivity index (χ3n) is 4.90. The van der Waals surface area contributed by atoms with Gasteiger partial charge in [0, 0.05) is 31.2 Å². The van der Waals surface area contributed by atoms with Crippen LogP contribution in [-0.4, -0.2) is 49.2 Å². The summed E-state index contributed by atoms with van der Waals surface area (Å²) in [5.74, 6) is 0.0434. The van der Waals surface area contributed by atoms with E-state index in [2.05, 4.69) is 10.2 Å². The Morgan fingerprint density at radius 2 is 1.84 bits per heavy atom. The minimum absolute atomic E-state index is 0.0245. The maximum absolute atomic E-state index is 11.9. The summed E-state index contributed by atoms with van der Waals surface area (Å²) in [4.78, 5) is 14.4. The molecule has 1 heterocycles. The highest BCUT2D eigenvalue weighted by Gasteiger charge is 2.39. The average Bonchev–Trinajstić information content (AvgIpc) is 3.17. The van der Waals surface area contributed by atoms with Gasteiger partial charge in [-0.2, -0.15) is 0 Å². The molecule has 4 heteroatoms. The number of hydrogen-bond donors (Lipinski definition) is 1. The molecule has 19 heavy (non-hydrogen) atoms. The molecule has 0 aromatic heterocycles. The second-order valence-electron chi connectivity index (χ2n) is 6.49. The van der Waals surface area contributed by atoms with Crippen LogP contribution in [0, 0.1) is 5.92 Å². The summed E-state index contributed by atoms with van der Waals surface area (Å²) < 4.78 is 4.96. The molecule has 3 fully saturated rings. The highest BCUT2D eigenvalue weighted by molar-refractivity contribution is 5.72. The van der Waals surface area contributed by atoms with Crippen LogP contribution in [0.25, 0.3) is 0 Å². The Hall–Kier alpha value is -0.610. The minimum Gasteiger partial charge on any atom is -0.469 e. The van der Waals surface area contributed by atoms with Crippen molar-refractivity contribution in [2.75, 3.05) is 20.2 Å². The second kappa shape index (κ2) is 5.80. The predicted molar refractivity (Wildman–Crippen MR) is 73.9 cm³/mol. The molecule has 1 saturated heterocycles. The lowest BCUT2D eigenvalue weighted by Gasteiger charge is -2.38. The van der Waals surface area contributed by atoms with Crippen LogP contribution >= 0.6 is 0 Å². The monoisotopic (exact) mass is 266 g/mol. The predicted octanol–water partition coefficient (Wildman–Crippen LogP) is 1.54. The van der Waals surface area contributed by atoms with E-state index in [1.807, 2.05) is 0 Å². The molecule has 0 bridgehead atoms. The van der Waals surface area contributed by atoms with Crippen molar-refractivity contribution in [2.45, 2.75) is 63.1 Å². The number of carbonyl (C=O) groups is 1. The van der Waals surface area contributed by atoms with Gasteiger partial charge in [0.15, 0.2) is 0 Å². The lowest BCUT2D eigenvalue weighted by molar-refractivity contribution is -0.147. The first kappa shape index (κ1) is 13.4. The minimum atomic E-state index is -0.0245. The van der Waals surface area contributed by atoms with E-state index >= 15 is 0 Å². The number of carbonyl (C=O) groups excluding carboxylic acids is 1. The maximum atomic E-state index is 11.9. The summed E-state index contributed by atoms with van der Waals surface area (Å²) in [5.41, 5.74) is 0. The Bertz CT molecular complexity index is 322. The smallest absolute Gasteiger partial charge is 0.310 e. The second-order valence-corrected chi connectivity index (χ2v) is 6.49. The number of ether oxygens (including phenoxy) is 1. The van der Waals surface area contributed by atoms with Crippen molar-refractivity contribution in [3.8, 4) is 0 Å². The Balaban J connectivity index is 1.59. The van der Waals surface area contributed by atoms with Crippen LogP contribution in [0.15, 0.2) is 0 Å². The highest BCUT2D eigenvalue weighted by atomic mass is 16.5. The van der Waals surface area contributed by atoms with Crippen LogP contribution in [-0.2, 0) is 9.53 Å². The molecular formula is C15H26N2O2. The van der Waals surface area contributed by atoms with Gasteiger partial charge in [-0.1, -0.05) is 12.8 Å². The number of rotatable bonds is 4. The molecule has 2 saturated carbocycles. The molecule has 0 amide bonds. The fraction of sp³-hybridized carbons (Fsp3) is 0.933. The first-order valence-corrected chi connectivity index (χ1v) is 7.84. The molecule has 108 valence electrons. The zero-order valence-electron chi connectivity index (χ0n) is 11.9. The molecular weight excluding hydrogens is 240 g/mol. The Kier molecular flexibility index (Phi) is 4.08. The van der Waals surface area contributed by atoms with Crippen LogP contribution in [0.4, 0.5) is 0 Å². The van der Waals surface area contributed by atoms with Crippen LogP contribution in [0.3, 0.4) is 0 Å². The van der Waals surface area contributed by atoms with Crippen LogP contribution in [0.1, 0.15) is 44.9 Å². The van der Waals surface area contributed by atoms with Crippen molar-refractivity contribution in [1.29, 1.82) is 0 Å². The van der Waals surface area contributed by atoms with Gasteiger partial charge >= 0.3 is 5.97 Å².